The molecular formula is C10H17NO2. The molecule has 1 aliphatic heterocycles. The van der Waals surface area contributed by atoms with Crippen LogP contribution in [-0.2, 0) is 4.79 Å². The molecule has 1 heterocycles. The minimum atomic E-state index is 0.124. The molecule has 0 aromatic carbocycles. The molecule has 0 amide bonds. The first-order chi connectivity index (χ1) is 6.19. The zero-order valence-electron chi connectivity index (χ0n) is 8.21. The van der Waals surface area contributed by atoms with Crippen molar-refractivity contribution in [3.63, 3.8) is 0 Å². The van der Waals surface area contributed by atoms with E-state index in [-0.39, 0.29) is 24.5 Å². The van der Waals surface area contributed by atoms with Crippen molar-refractivity contribution < 1.29 is 9.90 Å². The van der Waals surface area contributed by atoms with Gasteiger partial charge >= 0.3 is 0 Å². The molecule has 1 aliphatic rings. The molecule has 2 unspecified atom stereocenters. The first-order valence-electron chi connectivity index (χ1n) is 4.73. The van der Waals surface area contributed by atoms with Crippen LogP contribution in [-0.4, -0.2) is 29.6 Å². The number of rotatable bonds is 3. The van der Waals surface area contributed by atoms with Crippen molar-refractivity contribution >= 4 is 5.78 Å². The van der Waals surface area contributed by atoms with Crippen LogP contribution in [0.2, 0.25) is 0 Å². The molecular weight excluding hydrogens is 166 g/mol. The van der Waals surface area contributed by atoms with Gasteiger partial charge in [-0.1, -0.05) is 6.08 Å². The predicted octanol–water partition coefficient (Wildman–Crippen LogP) is 0.635. The summed E-state index contributed by atoms with van der Waals surface area (Å²) in [6, 6.07) is 0.318. The molecule has 3 heteroatoms. The number of hydrogen-bond acceptors (Lipinski definition) is 3. The Morgan fingerprint density at radius 1 is 1.62 bits per heavy atom. The minimum Gasteiger partial charge on any atom is -0.395 e. The van der Waals surface area contributed by atoms with Gasteiger partial charge in [-0.2, -0.15) is 0 Å². The summed E-state index contributed by atoms with van der Waals surface area (Å²) >= 11 is 0. The Labute approximate surface area is 78.8 Å². The van der Waals surface area contributed by atoms with Crippen molar-refractivity contribution in [3.05, 3.63) is 11.6 Å². The number of Topliss-reactive ketones (excluding diaryl/α,β-unsaturated/α-hetero) is 1. The van der Waals surface area contributed by atoms with Crippen LogP contribution in [0.1, 0.15) is 26.7 Å². The van der Waals surface area contributed by atoms with Crippen LogP contribution in [0.5, 0.6) is 0 Å². The number of carbonyl (C=O) groups excluding carboxylic acids is 1. The smallest absolute Gasteiger partial charge is 0.157 e. The van der Waals surface area contributed by atoms with Crippen molar-refractivity contribution in [1.29, 1.82) is 0 Å². The topological polar surface area (TPSA) is 49.3 Å². The van der Waals surface area contributed by atoms with Crippen molar-refractivity contribution in [2.45, 2.75) is 38.8 Å². The number of allylic oxidation sites excluding steroid dienone is 1. The molecule has 1 rings (SSSR count). The van der Waals surface area contributed by atoms with E-state index in [9.17, 15) is 4.79 Å². The zero-order valence-corrected chi connectivity index (χ0v) is 8.21. The van der Waals surface area contributed by atoms with E-state index in [4.69, 9.17) is 5.11 Å². The molecule has 1 fully saturated rings. The normalized spacial score (nSPS) is 29.3. The summed E-state index contributed by atoms with van der Waals surface area (Å²) in [5.41, 5.74) is 0.843. The van der Waals surface area contributed by atoms with E-state index in [0.29, 0.717) is 0 Å². The largest absolute Gasteiger partial charge is 0.395 e. The third-order valence-electron chi connectivity index (χ3n) is 2.55. The lowest BCUT2D eigenvalue weighted by Crippen LogP contribution is -2.34. The maximum atomic E-state index is 11.2. The number of aliphatic hydroxyl groups excluding tert-OH is 1. The number of hydrogen-bond donors (Lipinski definition) is 2. The SMILES string of the molecule is CC=C(C(C)=O)C1CCC(CO)N1. The Morgan fingerprint density at radius 2 is 2.31 bits per heavy atom. The Kier molecular flexibility index (Phi) is 3.63. The first-order valence-corrected chi connectivity index (χ1v) is 4.73. The van der Waals surface area contributed by atoms with Gasteiger partial charge in [0.25, 0.3) is 0 Å². The Balaban J connectivity index is 2.59. The maximum absolute atomic E-state index is 11.2. The lowest BCUT2D eigenvalue weighted by molar-refractivity contribution is -0.113. The van der Waals surface area contributed by atoms with E-state index in [1.54, 1.807) is 6.92 Å². The quantitative estimate of drug-likeness (QED) is 0.631. The van der Waals surface area contributed by atoms with Gasteiger partial charge in [-0.25, -0.2) is 0 Å². The summed E-state index contributed by atoms with van der Waals surface area (Å²) in [5, 5.41) is 12.1. The molecule has 0 aromatic rings. The van der Waals surface area contributed by atoms with Crippen LogP contribution in [0.15, 0.2) is 11.6 Å². The highest BCUT2D eigenvalue weighted by molar-refractivity contribution is 5.94. The summed E-state index contributed by atoms with van der Waals surface area (Å²) in [7, 11) is 0. The van der Waals surface area contributed by atoms with Gasteiger partial charge in [0.15, 0.2) is 5.78 Å². The highest BCUT2D eigenvalue weighted by Crippen LogP contribution is 2.19. The summed E-state index contributed by atoms with van der Waals surface area (Å²) in [4.78, 5) is 11.2. The Bertz CT molecular complexity index is 223. The number of carbonyl (C=O) groups is 1. The predicted molar refractivity (Wildman–Crippen MR) is 51.5 cm³/mol. The van der Waals surface area contributed by atoms with Crippen molar-refractivity contribution in [2.24, 2.45) is 0 Å². The van der Waals surface area contributed by atoms with E-state index in [1.807, 2.05) is 13.0 Å². The summed E-state index contributed by atoms with van der Waals surface area (Å²) in [5.74, 6) is 0.124. The van der Waals surface area contributed by atoms with Gasteiger partial charge in [0.2, 0.25) is 0 Å². The molecule has 3 nitrogen and oxygen atoms in total. The van der Waals surface area contributed by atoms with Gasteiger partial charge in [0.05, 0.1) is 6.61 Å². The maximum Gasteiger partial charge on any atom is 0.157 e. The van der Waals surface area contributed by atoms with E-state index in [1.165, 1.54) is 0 Å². The average Bonchev–Trinajstić information content (AvgIpc) is 2.53. The van der Waals surface area contributed by atoms with Crippen molar-refractivity contribution in [2.75, 3.05) is 6.61 Å². The fraction of sp³-hybridized carbons (Fsp3) is 0.700. The summed E-state index contributed by atoms with van der Waals surface area (Å²) in [6.07, 6.45) is 3.76. The third-order valence-corrected chi connectivity index (χ3v) is 2.55. The Morgan fingerprint density at radius 3 is 2.69 bits per heavy atom. The second kappa shape index (κ2) is 4.53. The molecule has 0 aliphatic carbocycles. The highest BCUT2D eigenvalue weighted by Gasteiger charge is 2.26. The average molecular weight is 183 g/mol. The van der Waals surface area contributed by atoms with Crippen LogP contribution < -0.4 is 5.32 Å². The number of ketones is 1. The van der Waals surface area contributed by atoms with E-state index >= 15 is 0 Å². The van der Waals surface area contributed by atoms with Gasteiger partial charge in [0, 0.05) is 17.7 Å². The standard InChI is InChI=1S/C10H17NO2/c1-3-9(7(2)13)10-5-4-8(6-12)11-10/h3,8,10-12H,4-6H2,1-2H3. The van der Waals surface area contributed by atoms with Crippen LogP contribution in [0.4, 0.5) is 0 Å². The second-order valence-corrected chi connectivity index (χ2v) is 3.48. The molecule has 13 heavy (non-hydrogen) atoms. The minimum absolute atomic E-state index is 0.124. The Hall–Kier alpha value is -0.670. The molecule has 2 N–H and O–H groups in total. The third kappa shape index (κ3) is 2.39. The van der Waals surface area contributed by atoms with Crippen LogP contribution in [0, 0.1) is 0 Å². The van der Waals surface area contributed by atoms with Crippen LogP contribution >= 0.6 is 0 Å². The van der Waals surface area contributed by atoms with Gasteiger partial charge in [-0.3, -0.25) is 4.79 Å². The molecule has 0 saturated carbocycles. The lowest BCUT2D eigenvalue weighted by Gasteiger charge is -2.13. The first kappa shape index (κ1) is 10.4. The van der Waals surface area contributed by atoms with E-state index in [2.05, 4.69) is 5.32 Å². The van der Waals surface area contributed by atoms with E-state index < -0.39 is 0 Å². The lowest BCUT2D eigenvalue weighted by atomic mass is 10.0. The van der Waals surface area contributed by atoms with Crippen LogP contribution in [0.3, 0.4) is 0 Å². The zero-order chi connectivity index (χ0) is 9.84. The van der Waals surface area contributed by atoms with Gasteiger partial charge in [0.1, 0.15) is 0 Å². The van der Waals surface area contributed by atoms with Gasteiger partial charge in [-0.05, 0) is 26.7 Å². The fourth-order valence-electron chi connectivity index (χ4n) is 1.86. The number of nitrogens with one attached hydrogen (secondary N) is 1. The molecule has 1 saturated heterocycles. The van der Waals surface area contributed by atoms with Crippen molar-refractivity contribution in [3.8, 4) is 0 Å². The van der Waals surface area contributed by atoms with Crippen LogP contribution in [0.25, 0.3) is 0 Å². The molecule has 0 radical (unpaired) electrons. The summed E-state index contributed by atoms with van der Waals surface area (Å²) < 4.78 is 0. The summed E-state index contributed by atoms with van der Waals surface area (Å²) in [6.45, 7) is 3.62. The fourth-order valence-corrected chi connectivity index (χ4v) is 1.86. The molecule has 74 valence electrons. The number of aliphatic hydroxyl groups is 1. The molecule has 0 aromatic heterocycles. The van der Waals surface area contributed by atoms with Gasteiger partial charge in [-0.15, -0.1) is 0 Å². The van der Waals surface area contributed by atoms with Gasteiger partial charge < -0.3 is 10.4 Å². The molecule has 2 atom stereocenters. The molecule has 0 bridgehead atoms. The van der Waals surface area contributed by atoms with E-state index in [0.717, 1.165) is 18.4 Å². The highest BCUT2D eigenvalue weighted by atomic mass is 16.3. The van der Waals surface area contributed by atoms with Crippen molar-refractivity contribution in [1.82, 2.24) is 5.32 Å². The second-order valence-electron chi connectivity index (χ2n) is 3.48. The molecule has 0 spiro atoms. The monoisotopic (exact) mass is 183 g/mol.